The van der Waals surface area contributed by atoms with Gasteiger partial charge in [0.2, 0.25) is 6.79 Å². The smallest absolute Gasteiger partial charge is 0.328 e. The Hall–Kier alpha value is -3.62. The van der Waals surface area contributed by atoms with E-state index in [4.69, 9.17) is 18.9 Å². The van der Waals surface area contributed by atoms with Crippen LogP contribution < -0.4 is 14.8 Å². The highest BCUT2D eigenvalue weighted by Gasteiger charge is 2.35. The fraction of sp³-hybridized carbons (Fsp3) is 0.533. The zero-order valence-corrected chi connectivity index (χ0v) is 23.5. The Morgan fingerprint density at radius 3 is 2.56 bits per heavy atom. The SMILES string of the molecule is COc1ccnc(C(=O)N[C@H]2CCC[C@H](Cc3ccccc3)[C@@H](CC(C)C)[C@H](C)OC2=O)c1OCOC(C)=O. The van der Waals surface area contributed by atoms with E-state index in [9.17, 15) is 14.4 Å². The molecular formula is C30H40N2O7. The third-order valence-electron chi connectivity index (χ3n) is 7.02. The van der Waals surface area contributed by atoms with Crippen molar-refractivity contribution in [3.05, 3.63) is 53.9 Å². The predicted molar refractivity (Wildman–Crippen MR) is 145 cm³/mol. The number of rotatable bonds is 10. The van der Waals surface area contributed by atoms with Gasteiger partial charge in [0.15, 0.2) is 17.2 Å². The summed E-state index contributed by atoms with van der Waals surface area (Å²) in [5.41, 5.74) is 1.19. The fourth-order valence-electron chi connectivity index (χ4n) is 5.17. The Bertz CT molecular complexity index is 1110. The number of methoxy groups -OCH3 is 1. The molecule has 212 valence electrons. The second-order valence-corrected chi connectivity index (χ2v) is 10.4. The van der Waals surface area contributed by atoms with Crippen molar-refractivity contribution < 1.29 is 33.3 Å². The minimum Gasteiger partial charge on any atom is -0.493 e. The molecule has 1 saturated heterocycles. The van der Waals surface area contributed by atoms with Crippen molar-refractivity contribution >= 4 is 17.8 Å². The number of carbonyl (C=O) groups is 3. The number of hydrogen-bond donors (Lipinski definition) is 1. The van der Waals surface area contributed by atoms with Gasteiger partial charge in [-0.2, -0.15) is 0 Å². The van der Waals surface area contributed by atoms with Crippen molar-refractivity contribution in [3.8, 4) is 11.5 Å². The lowest BCUT2D eigenvalue weighted by atomic mass is 9.76. The second-order valence-electron chi connectivity index (χ2n) is 10.4. The Morgan fingerprint density at radius 1 is 1.15 bits per heavy atom. The third kappa shape index (κ3) is 8.70. The van der Waals surface area contributed by atoms with Crippen LogP contribution in [0.4, 0.5) is 0 Å². The molecule has 0 radical (unpaired) electrons. The van der Waals surface area contributed by atoms with Crippen molar-refractivity contribution in [1.82, 2.24) is 10.3 Å². The average molecular weight is 541 g/mol. The molecule has 9 nitrogen and oxygen atoms in total. The number of aromatic nitrogens is 1. The first-order chi connectivity index (χ1) is 18.7. The average Bonchev–Trinajstić information content (AvgIpc) is 2.94. The van der Waals surface area contributed by atoms with Crippen LogP contribution in [0.25, 0.3) is 0 Å². The molecule has 2 aromatic rings. The summed E-state index contributed by atoms with van der Waals surface area (Å²) in [5.74, 6) is -0.353. The zero-order valence-electron chi connectivity index (χ0n) is 23.5. The predicted octanol–water partition coefficient (Wildman–Crippen LogP) is 4.72. The molecule has 1 N–H and O–H groups in total. The van der Waals surface area contributed by atoms with E-state index in [1.165, 1.54) is 31.9 Å². The number of pyridine rings is 1. The summed E-state index contributed by atoms with van der Waals surface area (Å²) in [6, 6.07) is 11.1. The van der Waals surface area contributed by atoms with Crippen LogP contribution >= 0.6 is 0 Å². The molecule has 9 heteroatoms. The minimum atomic E-state index is -0.843. The van der Waals surface area contributed by atoms with E-state index in [2.05, 4.69) is 36.3 Å². The Kier molecular flexibility index (Phi) is 11.1. The zero-order chi connectivity index (χ0) is 28.4. The molecule has 1 aromatic carbocycles. The second kappa shape index (κ2) is 14.5. The summed E-state index contributed by atoms with van der Waals surface area (Å²) in [6.45, 7) is 7.16. The molecule has 0 spiro atoms. The van der Waals surface area contributed by atoms with Gasteiger partial charge in [-0.1, -0.05) is 50.6 Å². The van der Waals surface area contributed by atoms with Crippen molar-refractivity contribution in [3.63, 3.8) is 0 Å². The van der Waals surface area contributed by atoms with Crippen LogP contribution in [0.3, 0.4) is 0 Å². The van der Waals surface area contributed by atoms with Crippen LogP contribution in [-0.2, 0) is 25.5 Å². The maximum absolute atomic E-state index is 13.3. The number of esters is 2. The lowest BCUT2D eigenvalue weighted by Gasteiger charge is -2.32. The highest BCUT2D eigenvalue weighted by atomic mass is 16.7. The molecule has 3 rings (SSSR count). The van der Waals surface area contributed by atoms with Crippen LogP contribution in [0.1, 0.15) is 69.4 Å². The quantitative estimate of drug-likeness (QED) is 0.340. The van der Waals surface area contributed by atoms with Crippen molar-refractivity contribution in [2.24, 2.45) is 17.8 Å². The number of hydrogen-bond acceptors (Lipinski definition) is 8. The maximum atomic E-state index is 13.3. The molecule has 2 heterocycles. The van der Waals surface area contributed by atoms with E-state index >= 15 is 0 Å². The summed E-state index contributed by atoms with van der Waals surface area (Å²) in [5, 5.41) is 2.79. The number of benzene rings is 1. The molecule has 1 amide bonds. The number of cyclic esters (lactones) is 1. The Balaban J connectivity index is 1.79. The molecule has 0 bridgehead atoms. The molecular weight excluding hydrogens is 500 g/mol. The largest absolute Gasteiger partial charge is 0.493 e. The van der Waals surface area contributed by atoms with Gasteiger partial charge in [0.1, 0.15) is 12.1 Å². The van der Waals surface area contributed by atoms with Gasteiger partial charge in [0, 0.05) is 19.2 Å². The summed E-state index contributed by atoms with van der Waals surface area (Å²) < 4.78 is 21.6. The fourth-order valence-corrected chi connectivity index (χ4v) is 5.17. The van der Waals surface area contributed by atoms with Gasteiger partial charge in [0.05, 0.1) is 7.11 Å². The molecule has 1 aromatic heterocycles. The van der Waals surface area contributed by atoms with E-state index < -0.39 is 30.7 Å². The monoisotopic (exact) mass is 540 g/mol. The molecule has 1 fully saturated rings. The number of carbonyl (C=O) groups excluding carboxylic acids is 3. The van der Waals surface area contributed by atoms with Gasteiger partial charge in [-0.25, -0.2) is 9.78 Å². The van der Waals surface area contributed by atoms with Gasteiger partial charge >= 0.3 is 11.9 Å². The van der Waals surface area contributed by atoms with Crippen LogP contribution in [0.15, 0.2) is 42.6 Å². The maximum Gasteiger partial charge on any atom is 0.328 e. The standard InChI is InChI=1S/C30H40N2O7/c1-19(2)16-24-20(3)39-30(35)25(13-9-12-23(24)17-22-10-7-6-8-11-22)32-29(34)27-28(38-18-37-21(4)33)26(36-5)14-15-31-27/h6-8,10-11,14-15,19-20,23-25H,9,12-13,16-18H2,1-5H3,(H,32,34)/t20-,23+,24-,25-/m0/s1. The molecule has 4 atom stereocenters. The molecule has 0 saturated carbocycles. The molecule has 1 aliphatic heterocycles. The van der Waals surface area contributed by atoms with Gasteiger partial charge in [-0.15, -0.1) is 0 Å². The molecule has 39 heavy (non-hydrogen) atoms. The first kappa shape index (κ1) is 29.9. The Labute approximate surface area is 230 Å². The van der Waals surface area contributed by atoms with Crippen LogP contribution in [-0.4, -0.2) is 48.9 Å². The highest BCUT2D eigenvalue weighted by Crippen LogP contribution is 2.34. The highest BCUT2D eigenvalue weighted by molar-refractivity contribution is 5.98. The van der Waals surface area contributed by atoms with Crippen LogP contribution in [0, 0.1) is 17.8 Å². The Morgan fingerprint density at radius 2 is 1.90 bits per heavy atom. The summed E-state index contributed by atoms with van der Waals surface area (Å²) in [6.07, 6.45) is 5.05. The minimum absolute atomic E-state index is 0.0171. The van der Waals surface area contributed by atoms with Crippen LogP contribution in [0.5, 0.6) is 11.5 Å². The van der Waals surface area contributed by atoms with E-state index in [1.807, 2.05) is 25.1 Å². The number of ether oxygens (including phenoxy) is 4. The lowest BCUT2D eigenvalue weighted by Crippen LogP contribution is -2.43. The third-order valence-corrected chi connectivity index (χ3v) is 7.02. The first-order valence-corrected chi connectivity index (χ1v) is 13.5. The van der Waals surface area contributed by atoms with Crippen molar-refractivity contribution in [1.29, 1.82) is 0 Å². The number of amides is 1. The van der Waals surface area contributed by atoms with E-state index in [1.54, 1.807) is 0 Å². The summed E-state index contributed by atoms with van der Waals surface area (Å²) in [4.78, 5) is 41.9. The molecule has 1 aliphatic rings. The topological polar surface area (TPSA) is 113 Å². The van der Waals surface area contributed by atoms with Gasteiger partial charge in [0.25, 0.3) is 5.91 Å². The summed E-state index contributed by atoms with van der Waals surface area (Å²) in [7, 11) is 1.42. The number of nitrogens with one attached hydrogen (secondary N) is 1. The van der Waals surface area contributed by atoms with Crippen molar-refractivity contribution in [2.45, 2.75) is 71.9 Å². The normalized spacial score (nSPS) is 21.6. The first-order valence-electron chi connectivity index (χ1n) is 13.5. The van der Waals surface area contributed by atoms with Gasteiger partial charge < -0.3 is 24.3 Å². The molecule has 0 aliphatic carbocycles. The number of nitrogens with zero attached hydrogens (tertiary/aromatic N) is 1. The van der Waals surface area contributed by atoms with E-state index in [0.29, 0.717) is 18.3 Å². The van der Waals surface area contributed by atoms with E-state index in [0.717, 1.165) is 25.7 Å². The van der Waals surface area contributed by atoms with Crippen molar-refractivity contribution in [2.75, 3.05) is 13.9 Å². The van der Waals surface area contributed by atoms with Gasteiger partial charge in [-0.05, 0) is 55.9 Å². The summed E-state index contributed by atoms with van der Waals surface area (Å²) >= 11 is 0. The van der Waals surface area contributed by atoms with Crippen LogP contribution in [0.2, 0.25) is 0 Å². The van der Waals surface area contributed by atoms with Gasteiger partial charge in [-0.3, -0.25) is 9.59 Å². The molecule has 0 unspecified atom stereocenters. The lowest BCUT2D eigenvalue weighted by molar-refractivity contribution is -0.154. The van der Waals surface area contributed by atoms with E-state index in [-0.39, 0.29) is 29.2 Å².